The van der Waals surface area contributed by atoms with Crippen molar-refractivity contribution < 1.29 is 28.2 Å². The third-order valence-electron chi connectivity index (χ3n) is 6.10. The van der Waals surface area contributed by atoms with E-state index in [1.165, 1.54) is 23.5 Å². The number of carbonyl (C=O) groups excluding carboxylic acids is 1. The van der Waals surface area contributed by atoms with Crippen LogP contribution in [0, 0.1) is 0 Å². The summed E-state index contributed by atoms with van der Waals surface area (Å²) < 4.78 is 33.4. The average Bonchev–Trinajstić information content (AvgIpc) is 2.88. The fourth-order valence-electron chi connectivity index (χ4n) is 3.86. The maximum Gasteiger partial charge on any atom is 0.243 e. The zero-order chi connectivity index (χ0) is 26.6. The van der Waals surface area contributed by atoms with Gasteiger partial charge < -0.3 is 20.3 Å². The number of rotatable bonds is 16. The molecule has 0 heterocycles. The Morgan fingerprint density at radius 2 is 1.69 bits per heavy atom. The molecule has 8 nitrogen and oxygen atoms in total. The van der Waals surface area contributed by atoms with Gasteiger partial charge in [-0.25, -0.2) is 8.42 Å². The van der Waals surface area contributed by atoms with Crippen molar-refractivity contribution >= 4 is 15.9 Å². The zero-order valence-corrected chi connectivity index (χ0v) is 22.3. The van der Waals surface area contributed by atoms with Gasteiger partial charge in [-0.2, -0.15) is 4.31 Å². The molecule has 0 saturated heterocycles. The lowest BCUT2D eigenvalue weighted by atomic mass is 10.0. The van der Waals surface area contributed by atoms with Gasteiger partial charge in [0, 0.05) is 13.1 Å². The summed E-state index contributed by atoms with van der Waals surface area (Å²) in [6.07, 6.45) is 1.15. The van der Waals surface area contributed by atoms with Crippen molar-refractivity contribution in [3.8, 4) is 5.75 Å². The lowest BCUT2D eigenvalue weighted by Crippen LogP contribution is -2.51. The molecular formula is C27H40N2O6S. The second-order valence-electron chi connectivity index (χ2n) is 8.94. The predicted octanol–water partition coefficient (Wildman–Crippen LogP) is 3.13. The minimum Gasteiger partial charge on any atom is -0.497 e. The Hall–Kier alpha value is -2.46. The van der Waals surface area contributed by atoms with Crippen molar-refractivity contribution in [1.29, 1.82) is 0 Å². The predicted molar refractivity (Wildman–Crippen MR) is 140 cm³/mol. The van der Waals surface area contributed by atoms with Crippen LogP contribution in [0.3, 0.4) is 0 Å². The highest BCUT2D eigenvalue weighted by molar-refractivity contribution is 7.89. The van der Waals surface area contributed by atoms with Crippen LogP contribution < -0.4 is 10.1 Å². The molecule has 0 unspecified atom stereocenters. The van der Waals surface area contributed by atoms with Crippen LogP contribution in [0.1, 0.15) is 51.5 Å². The molecule has 0 bridgehead atoms. The zero-order valence-electron chi connectivity index (χ0n) is 21.5. The quantitative estimate of drug-likeness (QED) is 0.293. The van der Waals surface area contributed by atoms with Crippen LogP contribution in [-0.4, -0.2) is 67.3 Å². The Morgan fingerprint density at radius 3 is 2.28 bits per heavy atom. The molecule has 0 spiro atoms. The van der Waals surface area contributed by atoms with E-state index in [1.807, 2.05) is 37.3 Å². The van der Waals surface area contributed by atoms with Crippen molar-refractivity contribution in [3.05, 3.63) is 60.2 Å². The second kappa shape index (κ2) is 14.9. The topological polar surface area (TPSA) is 116 Å². The number of carbonyl (C=O) groups is 1. The number of benzene rings is 2. The third kappa shape index (κ3) is 9.20. The van der Waals surface area contributed by atoms with Gasteiger partial charge in [-0.1, -0.05) is 57.0 Å². The highest BCUT2D eigenvalue weighted by atomic mass is 32.2. The van der Waals surface area contributed by atoms with E-state index >= 15 is 0 Å². The highest BCUT2D eigenvalue weighted by Crippen LogP contribution is 2.21. The van der Waals surface area contributed by atoms with Gasteiger partial charge in [-0.05, 0) is 49.1 Å². The molecule has 0 aliphatic rings. The molecule has 3 N–H and O–H groups in total. The number of nitrogens with one attached hydrogen (secondary N) is 1. The lowest BCUT2D eigenvalue weighted by molar-refractivity contribution is -0.124. The first kappa shape index (κ1) is 29.8. The SMILES string of the molecule is CCCCCN(C[C@@H](O)[C@H](Cc1ccccc1)NC(=O)C[C@@H](O)CC)S(=O)(=O)c1ccc(OC)cc1. The first-order valence-electron chi connectivity index (χ1n) is 12.5. The maximum atomic E-state index is 13.5. The van der Waals surface area contributed by atoms with Crippen LogP contribution >= 0.6 is 0 Å². The normalized spacial score (nSPS) is 14.3. The lowest BCUT2D eigenvalue weighted by Gasteiger charge is -2.30. The molecule has 0 aliphatic heterocycles. The van der Waals surface area contributed by atoms with Gasteiger partial charge in [0.2, 0.25) is 15.9 Å². The fourth-order valence-corrected chi connectivity index (χ4v) is 5.35. The number of ether oxygens (including phenoxy) is 1. The third-order valence-corrected chi connectivity index (χ3v) is 7.98. The van der Waals surface area contributed by atoms with Gasteiger partial charge in [0.1, 0.15) is 5.75 Å². The number of aliphatic hydroxyl groups is 2. The summed E-state index contributed by atoms with van der Waals surface area (Å²) in [7, 11) is -2.38. The van der Waals surface area contributed by atoms with Crippen molar-refractivity contribution in [2.75, 3.05) is 20.2 Å². The molecule has 2 aromatic carbocycles. The first-order chi connectivity index (χ1) is 17.2. The number of aliphatic hydroxyl groups excluding tert-OH is 2. The van der Waals surface area contributed by atoms with Crippen LogP contribution in [-0.2, 0) is 21.2 Å². The molecule has 0 fully saturated rings. The van der Waals surface area contributed by atoms with Gasteiger partial charge in [-0.3, -0.25) is 4.79 Å². The van der Waals surface area contributed by atoms with E-state index < -0.39 is 28.3 Å². The molecule has 0 radical (unpaired) electrons. The molecule has 200 valence electrons. The summed E-state index contributed by atoms with van der Waals surface area (Å²) in [4.78, 5) is 12.7. The van der Waals surface area contributed by atoms with E-state index in [0.29, 0.717) is 25.0 Å². The number of sulfonamides is 1. The van der Waals surface area contributed by atoms with Crippen molar-refractivity contribution in [2.45, 2.75) is 75.5 Å². The Balaban J connectivity index is 2.28. The minimum atomic E-state index is -3.89. The molecule has 0 aromatic heterocycles. The molecule has 2 aromatic rings. The van der Waals surface area contributed by atoms with Crippen LogP contribution in [0.4, 0.5) is 0 Å². The van der Waals surface area contributed by atoms with E-state index in [-0.39, 0.29) is 30.3 Å². The molecule has 3 atom stereocenters. The van der Waals surface area contributed by atoms with Gasteiger partial charge in [0.05, 0.1) is 36.7 Å². The number of hydrogen-bond donors (Lipinski definition) is 3. The van der Waals surface area contributed by atoms with Gasteiger partial charge in [-0.15, -0.1) is 0 Å². The Kier molecular flexibility index (Phi) is 12.4. The van der Waals surface area contributed by atoms with Crippen LogP contribution in [0.25, 0.3) is 0 Å². The highest BCUT2D eigenvalue weighted by Gasteiger charge is 2.31. The van der Waals surface area contributed by atoms with Gasteiger partial charge in [0.25, 0.3) is 0 Å². The monoisotopic (exact) mass is 520 g/mol. The number of hydrogen-bond acceptors (Lipinski definition) is 6. The summed E-state index contributed by atoms with van der Waals surface area (Å²) >= 11 is 0. The number of methoxy groups -OCH3 is 1. The molecule has 9 heteroatoms. The molecule has 1 amide bonds. The van der Waals surface area contributed by atoms with E-state index in [1.54, 1.807) is 19.1 Å². The Labute approximate surface area is 215 Å². The Morgan fingerprint density at radius 1 is 1.03 bits per heavy atom. The summed E-state index contributed by atoms with van der Waals surface area (Å²) in [6.45, 7) is 3.89. The molecule has 0 aliphatic carbocycles. The molecule has 0 saturated carbocycles. The summed E-state index contributed by atoms with van der Waals surface area (Å²) in [5, 5.41) is 23.9. The average molecular weight is 521 g/mol. The first-order valence-corrected chi connectivity index (χ1v) is 14.0. The van der Waals surface area contributed by atoms with E-state index in [2.05, 4.69) is 5.32 Å². The van der Waals surface area contributed by atoms with Crippen molar-refractivity contribution in [1.82, 2.24) is 9.62 Å². The van der Waals surface area contributed by atoms with E-state index in [4.69, 9.17) is 4.74 Å². The largest absolute Gasteiger partial charge is 0.497 e. The number of amides is 1. The number of nitrogens with zero attached hydrogens (tertiary/aromatic N) is 1. The molecular weight excluding hydrogens is 480 g/mol. The summed E-state index contributed by atoms with van der Waals surface area (Å²) in [6, 6.07) is 14.8. The van der Waals surface area contributed by atoms with E-state index in [0.717, 1.165) is 18.4 Å². The van der Waals surface area contributed by atoms with Crippen molar-refractivity contribution in [2.24, 2.45) is 0 Å². The second-order valence-corrected chi connectivity index (χ2v) is 10.9. The summed E-state index contributed by atoms with van der Waals surface area (Å²) in [5.74, 6) is 0.159. The van der Waals surface area contributed by atoms with Gasteiger partial charge >= 0.3 is 0 Å². The maximum absolute atomic E-state index is 13.5. The van der Waals surface area contributed by atoms with Crippen LogP contribution in [0.15, 0.2) is 59.5 Å². The van der Waals surface area contributed by atoms with E-state index in [9.17, 15) is 23.4 Å². The van der Waals surface area contributed by atoms with Crippen molar-refractivity contribution in [3.63, 3.8) is 0 Å². The van der Waals surface area contributed by atoms with Gasteiger partial charge in [0.15, 0.2) is 0 Å². The number of unbranched alkanes of at least 4 members (excludes halogenated alkanes) is 2. The fraction of sp³-hybridized carbons (Fsp3) is 0.519. The smallest absolute Gasteiger partial charge is 0.243 e. The van der Waals surface area contributed by atoms with Crippen LogP contribution in [0.2, 0.25) is 0 Å². The standard InChI is InChI=1S/C27H40N2O6S/c1-4-6-10-17-29(36(33,34)24-15-13-23(35-3)14-16-24)20-26(31)25(18-21-11-8-7-9-12-21)28-27(32)19-22(30)5-2/h7-9,11-16,22,25-26,30-31H,4-6,10,17-20H2,1-3H3,(H,28,32)/t22-,25-,26+/m0/s1. The summed E-state index contributed by atoms with van der Waals surface area (Å²) in [5.41, 5.74) is 0.897. The Bertz CT molecular complexity index is 1010. The molecule has 2 rings (SSSR count). The van der Waals surface area contributed by atoms with Crippen LogP contribution in [0.5, 0.6) is 5.75 Å². The minimum absolute atomic E-state index is 0.0845. The molecule has 36 heavy (non-hydrogen) atoms.